The molecule has 128 valence electrons. The first-order valence-electron chi connectivity index (χ1n) is 7.93. The van der Waals surface area contributed by atoms with E-state index in [-0.39, 0.29) is 17.0 Å². The Morgan fingerprint density at radius 2 is 1.96 bits per heavy atom. The van der Waals surface area contributed by atoms with E-state index in [0.717, 1.165) is 25.7 Å². The van der Waals surface area contributed by atoms with E-state index >= 15 is 0 Å². The van der Waals surface area contributed by atoms with Crippen molar-refractivity contribution in [2.75, 3.05) is 27.4 Å². The number of nitrogens with zero attached hydrogens (tertiary/aromatic N) is 1. The molecule has 0 spiro atoms. The number of rotatable bonds is 4. The molecule has 2 fully saturated rings. The number of fused-ring (bicyclic) bond motifs is 1. The maximum absolute atomic E-state index is 13.2. The summed E-state index contributed by atoms with van der Waals surface area (Å²) in [5.41, 5.74) is 0. The number of sulfonamides is 1. The van der Waals surface area contributed by atoms with Crippen LogP contribution in [0.5, 0.6) is 11.5 Å². The van der Waals surface area contributed by atoms with Crippen molar-refractivity contribution in [3.63, 3.8) is 0 Å². The second-order valence-electron chi connectivity index (χ2n) is 5.89. The van der Waals surface area contributed by atoms with Gasteiger partial charge < -0.3 is 14.2 Å². The van der Waals surface area contributed by atoms with Crippen LogP contribution in [0.2, 0.25) is 0 Å². The summed E-state index contributed by atoms with van der Waals surface area (Å²) in [7, 11) is -0.666. The van der Waals surface area contributed by atoms with Crippen molar-refractivity contribution in [2.24, 2.45) is 0 Å². The van der Waals surface area contributed by atoms with Crippen molar-refractivity contribution >= 4 is 10.0 Å². The molecule has 0 amide bonds. The smallest absolute Gasteiger partial charge is 0.247 e. The van der Waals surface area contributed by atoms with Crippen molar-refractivity contribution in [3.8, 4) is 11.5 Å². The van der Waals surface area contributed by atoms with Gasteiger partial charge in [0.05, 0.1) is 33.0 Å². The van der Waals surface area contributed by atoms with Crippen molar-refractivity contribution in [2.45, 2.75) is 42.7 Å². The van der Waals surface area contributed by atoms with Gasteiger partial charge in [0.1, 0.15) is 16.4 Å². The molecular weight excluding hydrogens is 318 g/mol. The molecule has 23 heavy (non-hydrogen) atoms. The van der Waals surface area contributed by atoms with Crippen LogP contribution in [-0.2, 0) is 14.8 Å². The molecule has 7 heteroatoms. The second kappa shape index (κ2) is 6.67. The molecule has 1 saturated carbocycles. The Bertz CT molecular complexity index is 658. The van der Waals surface area contributed by atoms with Gasteiger partial charge in [-0.25, -0.2) is 8.42 Å². The van der Waals surface area contributed by atoms with E-state index < -0.39 is 10.0 Å². The van der Waals surface area contributed by atoms with Gasteiger partial charge in [-0.3, -0.25) is 0 Å². The fraction of sp³-hybridized carbons (Fsp3) is 0.625. The van der Waals surface area contributed by atoms with Gasteiger partial charge in [0, 0.05) is 12.6 Å². The van der Waals surface area contributed by atoms with E-state index in [0.29, 0.717) is 24.7 Å². The van der Waals surface area contributed by atoms with Gasteiger partial charge in [0.2, 0.25) is 10.0 Å². The quantitative estimate of drug-likeness (QED) is 0.838. The zero-order valence-corrected chi connectivity index (χ0v) is 14.3. The summed E-state index contributed by atoms with van der Waals surface area (Å²) in [6.07, 6.45) is 3.90. The maximum Gasteiger partial charge on any atom is 0.247 e. The van der Waals surface area contributed by atoms with Gasteiger partial charge >= 0.3 is 0 Å². The summed E-state index contributed by atoms with van der Waals surface area (Å²) >= 11 is 0. The third-order valence-electron chi connectivity index (χ3n) is 4.64. The van der Waals surface area contributed by atoms with E-state index in [4.69, 9.17) is 14.2 Å². The van der Waals surface area contributed by atoms with Crippen LogP contribution in [0, 0.1) is 0 Å². The van der Waals surface area contributed by atoms with Crippen molar-refractivity contribution in [3.05, 3.63) is 18.2 Å². The van der Waals surface area contributed by atoms with Gasteiger partial charge in [0.15, 0.2) is 0 Å². The number of benzene rings is 1. The second-order valence-corrected chi connectivity index (χ2v) is 7.75. The summed E-state index contributed by atoms with van der Waals surface area (Å²) in [5, 5.41) is 0. The third kappa shape index (κ3) is 3.05. The van der Waals surface area contributed by atoms with Crippen LogP contribution in [-0.4, -0.2) is 52.2 Å². The first-order valence-corrected chi connectivity index (χ1v) is 9.37. The van der Waals surface area contributed by atoms with Crippen LogP contribution in [0.25, 0.3) is 0 Å². The molecule has 2 atom stereocenters. The van der Waals surface area contributed by atoms with E-state index in [1.807, 2.05) is 0 Å². The lowest BCUT2D eigenvalue weighted by Crippen LogP contribution is -2.54. The Morgan fingerprint density at radius 3 is 2.70 bits per heavy atom. The highest BCUT2D eigenvalue weighted by atomic mass is 32.2. The van der Waals surface area contributed by atoms with Gasteiger partial charge in [-0.2, -0.15) is 4.31 Å². The molecule has 1 heterocycles. The summed E-state index contributed by atoms with van der Waals surface area (Å²) in [4.78, 5) is 0.158. The van der Waals surface area contributed by atoms with Crippen LogP contribution >= 0.6 is 0 Å². The first kappa shape index (κ1) is 16.5. The standard InChI is InChI=1S/C16H23NO5S/c1-20-12-7-8-15(21-2)16(11-12)23(18,19)17-9-10-22-14-6-4-3-5-13(14)17/h7-8,11,13-14H,3-6,9-10H2,1-2H3. The summed E-state index contributed by atoms with van der Waals surface area (Å²) in [5.74, 6) is 0.836. The average molecular weight is 341 g/mol. The van der Waals surface area contributed by atoms with Gasteiger partial charge in [0.25, 0.3) is 0 Å². The molecular formula is C16H23NO5S. The van der Waals surface area contributed by atoms with E-state index in [9.17, 15) is 8.42 Å². The molecule has 0 bridgehead atoms. The fourth-order valence-corrected chi connectivity index (χ4v) is 5.31. The summed E-state index contributed by atoms with van der Waals surface area (Å²) < 4.78 is 44.3. The largest absolute Gasteiger partial charge is 0.497 e. The molecule has 1 aromatic rings. The highest BCUT2D eigenvalue weighted by Gasteiger charge is 2.41. The van der Waals surface area contributed by atoms with Crippen molar-refractivity contribution in [1.82, 2.24) is 4.31 Å². The SMILES string of the molecule is COc1ccc(OC)c(S(=O)(=O)N2CCOC3CCCCC32)c1. The predicted molar refractivity (Wildman–Crippen MR) is 85.4 cm³/mol. The maximum atomic E-state index is 13.2. The first-order chi connectivity index (χ1) is 11.1. The number of methoxy groups -OCH3 is 2. The Balaban J connectivity index is 2.00. The van der Waals surface area contributed by atoms with Crippen LogP contribution in [0.3, 0.4) is 0 Å². The fourth-order valence-electron chi connectivity index (χ4n) is 3.47. The zero-order valence-electron chi connectivity index (χ0n) is 13.5. The van der Waals surface area contributed by atoms with Crippen LogP contribution in [0.15, 0.2) is 23.1 Å². The molecule has 2 aliphatic rings. The molecule has 1 aliphatic carbocycles. The normalized spacial score (nSPS) is 25.7. The number of hydrogen-bond donors (Lipinski definition) is 0. The Kier molecular flexibility index (Phi) is 4.79. The highest BCUT2D eigenvalue weighted by Crippen LogP contribution is 2.36. The van der Waals surface area contributed by atoms with Crippen LogP contribution in [0.1, 0.15) is 25.7 Å². The minimum Gasteiger partial charge on any atom is -0.497 e. The number of morpholine rings is 1. The minimum atomic E-state index is -3.66. The van der Waals surface area contributed by atoms with Crippen molar-refractivity contribution < 1.29 is 22.6 Å². The lowest BCUT2D eigenvalue weighted by molar-refractivity contribution is -0.0586. The topological polar surface area (TPSA) is 65.1 Å². The van der Waals surface area contributed by atoms with Gasteiger partial charge in [-0.05, 0) is 25.0 Å². The van der Waals surface area contributed by atoms with E-state index in [1.54, 1.807) is 16.4 Å². The molecule has 1 aromatic carbocycles. The Labute approximate surface area is 137 Å². The lowest BCUT2D eigenvalue weighted by Gasteiger charge is -2.42. The average Bonchev–Trinajstić information content (AvgIpc) is 2.60. The molecule has 1 saturated heterocycles. The lowest BCUT2D eigenvalue weighted by atomic mass is 9.91. The van der Waals surface area contributed by atoms with E-state index in [1.165, 1.54) is 20.3 Å². The molecule has 0 aromatic heterocycles. The van der Waals surface area contributed by atoms with Gasteiger partial charge in [-0.1, -0.05) is 12.8 Å². The molecule has 3 rings (SSSR count). The monoisotopic (exact) mass is 341 g/mol. The molecule has 2 unspecified atom stereocenters. The number of hydrogen-bond acceptors (Lipinski definition) is 5. The van der Waals surface area contributed by atoms with Crippen molar-refractivity contribution in [1.29, 1.82) is 0 Å². The molecule has 0 radical (unpaired) electrons. The highest BCUT2D eigenvalue weighted by molar-refractivity contribution is 7.89. The van der Waals surface area contributed by atoms with Gasteiger partial charge in [-0.15, -0.1) is 0 Å². The minimum absolute atomic E-state index is 0.00359. The molecule has 6 nitrogen and oxygen atoms in total. The third-order valence-corrected chi connectivity index (χ3v) is 6.58. The Morgan fingerprint density at radius 1 is 1.17 bits per heavy atom. The summed E-state index contributed by atoms with van der Waals surface area (Å²) in [6, 6.07) is 4.77. The number of ether oxygens (including phenoxy) is 3. The zero-order chi connectivity index (χ0) is 16.4. The Hall–Kier alpha value is -1.31. The van der Waals surface area contributed by atoms with Crippen LogP contribution in [0.4, 0.5) is 0 Å². The predicted octanol–water partition coefficient (Wildman–Crippen LogP) is 2.04. The van der Waals surface area contributed by atoms with E-state index in [2.05, 4.69) is 0 Å². The molecule has 1 aliphatic heterocycles. The summed E-state index contributed by atoms with van der Waals surface area (Å²) in [6.45, 7) is 0.816. The van der Waals surface area contributed by atoms with Crippen LogP contribution < -0.4 is 9.47 Å². The molecule has 0 N–H and O–H groups in total.